The molecule has 0 aromatic heterocycles. The number of carbonyl (C=O) groups excluding carboxylic acids is 2. The van der Waals surface area contributed by atoms with Gasteiger partial charge in [0, 0.05) is 13.1 Å². The second-order valence-corrected chi connectivity index (χ2v) is 11.6. The minimum absolute atomic E-state index is 0.0618. The van der Waals surface area contributed by atoms with Crippen LogP contribution in [0.5, 0.6) is 0 Å². The van der Waals surface area contributed by atoms with Crippen LogP contribution in [0.1, 0.15) is 38.5 Å². The summed E-state index contributed by atoms with van der Waals surface area (Å²) in [5.74, 6) is -0.0859. The molecule has 2 atom stereocenters. The van der Waals surface area contributed by atoms with Crippen LogP contribution < -0.4 is 10.6 Å². The molecule has 2 heterocycles. The number of hydrogen-bond donors (Lipinski definition) is 2. The maximum atomic E-state index is 11.6. The number of carbonyl (C=O) groups is 2. The summed E-state index contributed by atoms with van der Waals surface area (Å²) in [7, 11) is -6.14. The fourth-order valence-electron chi connectivity index (χ4n) is 3.08. The van der Waals surface area contributed by atoms with E-state index in [1.54, 1.807) is 0 Å². The van der Waals surface area contributed by atoms with Crippen LogP contribution in [0.15, 0.2) is 0 Å². The smallest absolute Gasteiger partial charge is 0.407 e. The van der Waals surface area contributed by atoms with Gasteiger partial charge in [-0.2, -0.15) is 0 Å². The lowest BCUT2D eigenvalue weighted by molar-refractivity contribution is 0.109. The van der Waals surface area contributed by atoms with Crippen molar-refractivity contribution >= 4 is 31.9 Å². The van der Waals surface area contributed by atoms with Crippen LogP contribution in [0.25, 0.3) is 0 Å². The molecule has 2 fully saturated rings. The van der Waals surface area contributed by atoms with Crippen molar-refractivity contribution in [2.75, 3.05) is 36.1 Å². The third-order valence-electron chi connectivity index (χ3n) is 4.57. The third kappa shape index (κ3) is 8.63. The molecule has 2 saturated heterocycles. The van der Waals surface area contributed by atoms with Crippen LogP contribution in [0.2, 0.25) is 0 Å². The minimum atomic E-state index is -3.07. The fraction of sp³-hybridized carbons (Fsp3) is 0.875. The highest BCUT2D eigenvalue weighted by Crippen LogP contribution is 2.15. The molecule has 2 rings (SSSR count). The number of rotatable bonds is 9. The molecule has 2 amide bonds. The average Bonchev–Trinajstić information content (AvgIpc) is 3.10. The first-order valence-corrected chi connectivity index (χ1v) is 13.1. The Hall–Kier alpha value is -1.56. The molecular formula is C16H28N2O8S2. The van der Waals surface area contributed by atoms with E-state index in [1.807, 2.05) is 0 Å². The molecule has 2 aliphatic rings. The van der Waals surface area contributed by atoms with E-state index in [4.69, 9.17) is 9.47 Å². The molecule has 0 radical (unpaired) electrons. The van der Waals surface area contributed by atoms with Gasteiger partial charge in [0.25, 0.3) is 0 Å². The molecule has 0 bridgehead atoms. The quantitative estimate of drug-likeness (QED) is 0.489. The average molecular weight is 441 g/mol. The zero-order valence-corrected chi connectivity index (χ0v) is 17.4. The summed E-state index contributed by atoms with van der Waals surface area (Å²) in [6, 6.07) is 0. The number of hydrogen-bond acceptors (Lipinski definition) is 8. The molecule has 0 aliphatic carbocycles. The lowest BCUT2D eigenvalue weighted by atomic mass is 10.2. The Morgan fingerprint density at radius 3 is 1.43 bits per heavy atom. The van der Waals surface area contributed by atoms with Gasteiger partial charge >= 0.3 is 12.2 Å². The molecule has 162 valence electrons. The standard InChI is InChI=1S/C16H28N2O8S2/c19-15(25-13-5-9-27(21,22)11-13)17-7-3-1-2-4-8-18-16(20)26-14-6-10-28(23,24)12-14/h13-14H,1-12H2,(H,17,19)(H,18,20)/t13-,14+. The van der Waals surface area contributed by atoms with Gasteiger partial charge in [-0.05, 0) is 25.7 Å². The van der Waals surface area contributed by atoms with E-state index in [9.17, 15) is 26.4 Å². The van der Waals surface area contributed by atoms with Crippen LogP contribution in [-0.2, 0) is 29.1 Å². The van der Waals surface area contributed by atoms with Crippen molar-refractivity contribution in [2.24, 2.45) is 0 Å². The first kappa shape index (κ1) is 22.7. The van der Waals surface area contributed by atoms with E-state index in [1.165, 1.54) is 0 Å². The molecule has 2 N–H and O–H groups in total. The number of sulfone groups is 2. The highest BCUT2D eigenvalue weighted by molar-refractivity contribution is 7.91. The zero-order valence-electron chi connectivity index (χ0n) is 15.7. The summed E-state index contributed by atoms with van der Waals surface area (Å²) in [5, 5.41) is 5.20. The van der Waals surface area contributed by atoms with Gasteiger partial charge in [0.2, 0.25) is 0 Å². The van der Waals surface area contributed by atoms with Crippen LogP contribution in [-0.4, -0.2) is 77.3 Å². The number of alkyl carbamates (subject to hydrolysis) is 2. The van der Waals surface area contributed by atoms with Gasteiger partial charge in [0.05, 0.1) is 23.0 Å². The maximum Gasteiger partial charge on any atom is 0.407 e. The second kappa shape index (κ2) is 10.3. The number of ether oxygens (including phenoxy) is 2. The Labute approximate surface area is 165 Å². The highest BCUT2D eigenvalue weighted by Gasteiger charge is 2.31. The molecule has 2 aliphatic heterocycles. The topological polar surface area (TPSA) is 145 Å². The van der Waals surface area contributed by atoms with Gasteiger partial charge in [0.1, 0.15) is 12.2 Å². The lowest BCUT2D eigenvalue weighted by Gasteiger charge is -2.12. The summed E-state index contributed by atoms with van der Waals surface area (Å²) < 4.78 is 55.3. The van der Waals surface area contributed by atoms with Gasteiger partial charge in [-0.25, -0.2) is 26.4 Å². The molecule has 12 heteroatoms. The Bertz CT molecular complexity index is 687. The van der Waals surface area contributed by atoms with Crippen molar-refractivity contribution in [3.63, 3.8) is 0 Å². The Morgan fingerprint density at radius 1 is 0.714 bits per heavy atom. The molecule has 0 aromatic rings. The Balaban J connectivity index is 1.41. The van der Waals surface area contributed by atoms with Crippen LogP contribution >= 0.6 is 0 Å². The van der Waals surface area contributed by atoms with E-state index in [-0.39, 0.29) is 23.0 Å². The van der Waals surface area contributed by atoms with Crippen LogP contribution in [0.4, 0.5) is 9.59 Å². The molecule has 0 unspecified atom stereocenters. The van der Waals surface area contributed by atoms with E-state index >= 15 is 0 Å². The summed E-state index contributed by atoms with van der Waals surface area (Å²) in [6.07, 6.45) is 1.56. The van der Waals surface area contributed by atoms with E-state index in [0.29, 0.717) is 25.9 Å². The largest absolute Gasteiger partial charge is 0.445 e. The van der Waals surface area contributed by atoms with Crippen molar-refractivity contribution in [3.05, 3.63) is 0 Å². The van der Waals surface area contributed by atoms with Crippen molar-refractivity contribution in [1.82, 2.24) is 10.6 Å². The SMILES string of the molecule is O=C(NCCCCCCNC(=O)O[C@H]1CCS(=O)(=O)C1)O[C@@H]1CCS(=O)(=O)C1. The van der Waals surface area contributed by atoms with E-state index in [2.05, 4.69) is 10.6 Å². The summed E-state index contributed by atoms with van der Waals surface area (Å²) in [4.78, 5) is 23.2. The summed E-state index contributed by atoms with van der Waals surface area (Å²) in [5.41, 5.74) is 0. The van der Waals surface area contributed by atoms with Gasteiger partial charge in [0.15, 0.2) is 19.7 Å². The fourth-order valence-corrected chi connectivity index (χ4v) is 6.26. The van der Waals surface area contributed by atoms with Crippen molar-refractivity contribution < 1.29 is 35.9 Å². The molecule has 28 heavy (non-hydrogen) atoms. The van der Waals surface area contributed by atoms with E-state index in [0.717, 1.165) is 25.7 Å². The molecule has 10 nitrogen and oxygen atoms in total. The van der Waals surface area contributed by atoms with Crippen molar-refractivity contribution in [2.45, 2.75) is 50.7 Å². The Kier molecular flexibility index (Phi) is 8.35. The van der Waals surface area contributed by atoms with Gasteiger partial charge in [-0.3, -0.25) is 0 Å². The van der Waals surface area contributed by atoms with E-state index < -0.39 is 44.1 Å². The summed E-state index contributed by atoms with van der Waals surface area (Å²) >= 11 is 0. The monoisotopic (exact) mass is 440 g/mol. The zero-order chi connectivity index (χ0) is 20.6. The molecule has 0 aromatic carbocycles. The summed E-state index contributed by atoms with van der Waals surface area (Å²) in [6.45, 7) is 0.869. The molecular weight excluding hydrogens is 412 g/mol. The van der Waals surface area contributed by atoms with Crippen molar-refractivity contribution in [1.29, 1.82) is 0 Å². The number of amides is 2. The lowest BCUT2D eigenvalue weighted by Crippen LogP contribution is -2.30. The van der Waals surface area contributed by atoms with Gasteiger partial charge < -0.3 is 20.1 Å². The van der Waals surface area contributed by atoms with Crippen molar-refractivity contribution in [3.8, 4) is 0 Å². The first-order valence-electron chi connectivity index (χ1n) is 9.45. The number of nitrogens with one attached hydrogen (secondary N) is 2. The van der Waals surface area contributed by atoms with Crippen LogP contribution in [0, 0.1) is 0 Å². The Morgan fingerprint density at radius 2 is 1.11 bits per heavy atom. The second-order valence-electron chi connectivity index (χ2n) is 7.13. The predicted molar refractivity (Wildman–Crippen MR) is 102 cm³/mol. The van der Waals surface area contributed by atoms with Crippen LogP contribution in [0.3, 0.4) is 0 Å². The first-order chi connectivity index (χ1) is 13.2. The third-order valence-corrected chi connectivity index (χ3v) is 8.05. The molecule has 0 spiro atoms. The minimum Gasteiger partial charge on any atom is -0.445 e. The normalized spacial score (nSPS) is 25.1. The number of unbranched alkanes of at least 4 members (excludes halogenated alkanes) is 3. The predicted octanol–water partition coefficient (Wildman–Crippen LogP) is 0.373. The highest BCUT2D eigenvalue weighted by atomic mass is 32.2. The van der Waals surface area contributed by atoms with Gasteiger partial charge in [-0.1, -0.05) is 12.8 Å². The maximum absolute atomic E-state index is 11.6. The molecule has 0 saturated carbocycles. The van der Waals surface area contributed by atoms with Gasteiger partial charge in [-0.15, -0.1) is 0 Å².